The maximum absolute atomic E-state index is 10.3. The lowest BCUT2D eigenvalue weighted by Gasteiger charge is -1.98. The third kappa shape index (κ3) is 1.21. The summed E-state index contributed by atoms with van der Waals surface area (Å²) in [5.41, 5.74) is 0.876. The van der Waals surface area contributed by atoms with Crippen LogP contribution in [0.4, 0.5) is 0 Å². The second-order valence-electron chi connectivity index (χ2n) is 2.75. The summed E-state index contributed by atoms with van der Waals surface area (Å²) in [6.07, 6.45) is 0. The van der Waals surface area contributed by atoms with Crippen molar-refractivity contribution in [3.05, 3.63) is 24.3 Å². The quantitative estimate of drug-likeness (QED) is 0.751. The van der Waals surface area contributed by atoms with E-state index in [1.165, 1.54) is 7.11 Å². The first-order valence-corrected chi connectivity index (χ1v) is 4.12. The van der Waals surface area contributed by atoms with Crippen molar-refractivity contribution in [1.29, 1.82) is 0 Å². The Bertz CT molecular complexity index is 461. The molecule has 0 amide bonds. The highest BCUT2D eigenvalue weighted by molar-refractivity contribution is 5.90. The Labute approximate surface area is 80.4 Å². The molecule has 0 unspecified atom stereocenters. The van der Waals surface area contributed by atoms with Crippen LogP contribution < -0.4 is 9.47 Å². The van der Waals surface area contributed by atoms with Gasteiger partial charge in [0, 0.05) is 5.39 Å². The minimum Gasteiger partial charge on any atom is -0.480 e. The van der Waals surface area contributed by atoms with Crippen LogP contribution in [0.15, 0.2) is 24.3 Å². The van der Waals surface area contributed by atoms with Crippen molar-refractivity contribution in [2.24, 2.45) is 0 Å². The third-order valence-electron chi connectivity index (χ3n) is 2.00. The van der Waals surface area contributed by atoms with Gasteiger partial charge in [0.05, 0.1) is 12.6 Å². The van der Waals surface area contributed by atoms with Gasteiger partial charge in [0.2, 0.25) is 5.88 Å². The van der Waals surface area contributed by atoms with Gasteiger partial charge in [-0.05, 0) is 12.1 Å². The van der Waals surface area contributed by atoms with Crippen molar-refractivity contribution in [3.63, 3.8) is 0 Å². The minimum atomic E-state index is 0.387. The Morgan fingerprint density at radius 3 is 2.86 bits per heavy atom. The van der Waals surface area contributed by atoms with Crippen molar-refractivity contribution in [3.8, 4) is 11.6 Å². The van der Waals surface area contributed by atoms with Gasteiger partial charge in [-0.1, -0.05) is 12.1 Å². The number of hydrogen-bond donors (Lipinski definition) is 1. The molecule has 0 aliphatic carbocycles. The molecular formula is C10H9NO3. The molecule has 4 nitrogen and oxygen atoms in total. The van der Waals surface area contributed by atoms with Crippen LogP contribution in [0.3, 0.4) is 0 Å². The molecule has 0 bridgehead atoms. The zero-order valence-electron chi connectivity index (χ0n) is 7.61. The Balaban J connectivity index is 2.67. The molecule has 4 heteroatoms. The predicted octanol–water partition coefficient (Wildman–Crippen LogP) is 1.71. The number of carbonyl (C=O) groups excluding carboxylic acids is 1. The zero-order valence-corrected chi connectivity index (χ0v) is 7.61. The summed E-state index contributed by atoms with van der Waals surface area (Å²) in [7, 11) is 1.52. The topological polar surface area (TPSA) is 51.3 Å². The van der Waals surface area contributed by atoms with Crippen LogP contribution in [0.1, 0.15) is 0 Å². The number of nitrogens with one attached hydrogen (secondary N) is 1. The largest absolute Gasteiger partial charge is 0.480 e. The van der Waals surface area contributed by atoms with E-state index in [1.807, 2.05) is 24.3 Å². The number of ether oxygens (including phenoxy) is 2. The fourth-order valence-electron chi connectivity index (χ4n) is 1.40. The second kappa shape index (κ2) is 3.41. The van der Waals surface area contributed by atoms with Crippen LogP contribution in [-0.4, -0.2) is 18.6 Å². The van der Waals surface area contributed by atoms with Gasteiger partial charge in [0.1, 0.15) is 0 Å². The third-order valence-corrected chi connectivity index (χ3v) is 2.00. The molecule has 0 radical (unpaired) electrons. The first kappa shape index (κ1) is 8.62. The number of fused-ring (bicyclic) bond motifs is 1. The molecule has 14 heavy (non-hydrogen) atoms. The van der Waals surface area contributed by atoms with Gasteiger partial charge < -0.3 is 14.5 Å². The van der Waals surface area contributed by atoms with Crippen molar-refractivity contribution >= 4 is 17.4 Å². The van der Waals surface area contributed by atoms with E-state index in [9.17, 15) is 4.79 Å². The Morgan fingerprint density at radius 1 is 1.36 bits per heavy atom. The second-order valence-corrected chi connectivity index (χ2v) is 2.75. The van der Waals surface area contributed by atoms with Crippen LogP contribution in [0.25, 0.3) is 10.9 Å². The molecular weight excluding hydrogens is 182 g/mol. The van der Waals surface area contributed by atoms with Gasteiger partial charge in [0.25, 0.3) is 6.47 Å². The van der Waals surface area contributed by atoms with Crippen LogP contribution in [0.2, 0.25) is 0 Å². The highest BCUT2D eigenvalue weighted by Crippen LogP contribution is 2.34. The molecule has 72 valence electrons. The Kier molecular flexibility index (Phi) is 2.10. The number of rotatable bonds is 3. The summed E-state index contributed by atoms with van der Waals surface area (Å²) in [6, 6.07) is 7.50. The van der Waals surface area contributed by atoms with E-state index in [-0.39, 0.29) is 0 Å². The zero-order chi connectivity index (χ0) is 9.97. The average molecular weight is 191 g/mol. The fraction of sp³-hybridized carbons (Fsp3) is 0.100. The van der Waals surface area contributed by atoms with Gasteiger partial charge in [-0.2, -0.15) is 0 Å². The lowest BCUT2D eigenvalue weighted by atomic mass is 10.2. The number of methoxy groups -OCH3 is 1. The van der Waals surface area contributed by atoms with E-state index in [2.05, 4.69) is 4.98 Å². The molecule has 0 saturated heterocycles. The molecule has 0 spiro atoms. The monoisotopic (exact) mass is 191 g/mol. The summed E-state index contributed by atoms with van der Waals surface area (Å²) in [5, 5.41) is 0.830. The fourth-order valence-corrected chi connectivity index (χ4v) is 1.40. The Morgan fingerprint density at radius 2 is 2.14 bits per heavy atom. The SMILES string of the molecule is COc1[nH]c2ccccc2c1OC=O. The molecule has 1 aromatic carbocycles. The average Bonchev–Trinajstić information content (AvgIpc) is 2.58. The molecule has 0 aliphatic rings. The van der Waals surface area contributed by atoms with Gasteiger partial charge in [-0.15, -0.1) is 0 Å². The first-order valence-electron chi connectivity index (χ1n) is 4.12. The Hall–Kier alpha value is -1.97. The smallest absolute Gasteiger partial charge is 0.298 e. The number of hydrogen-bond acceptors (Lipinski definition) is 3. The van der Waals surface area contributed by atoms with E-state index in [0.717, 1.165) is 10.9 Å². The number of aromatic amines is 1. The molecule has 2 aromatic rings. The maximum atomic E-state index is 10.3. The van der Waals surface area contributed by atoms with Crippen molar-refractivity contribution < 1.29 is 14.3 Å². The highest BCUT2D eigenvalue weighted by Gasteiger charge is 2.12. The molecule has 1 N–H and O–H groups in total. The summed E-state index contributed by atoms with van der Waals surface area (Å²) in [6.45, 7) is 0.387. The normalized spacial score (nSPS) is 10.1. The van der Waals surface area contributed by atoms with Gasteiger partial charge in [-0.25, -0.2) is 0 Å². The van der Waals surface area contributed by atoms with Crippen molar-refractivity contribution in [1.82, 2.24) is 4.98 Å². The molecule has 0 fully saturated rings. The molecule has 0 saturated carbocycles. The lowest BCUT2D eigenvalue weighted by Crippen LogP contribution is -1.90. The maximum Gasteiger partial charge on any atom is 0.298 e. The molecule has 1 heterocycles. The number of carbonyl (C=O) groups is 1. The standard InChI is InChI=1S/C10H9NO3/c1-13-10-9(14-6-12)7-4-2-3-5-8(7)11-10/h2-6,11H,1H3. The van der Waals surface area contributed by atoms with Crippen molar-refractivity contribution in [2.45, 2.75) is 0 Å². The van der Waals surface area contributed by atoms with Crippen LogP contribution in [0, 0.1) is 0 Å². The van der Waals surface area contributed by atoms with E-state index in [0.29, 0.717) is 18.1 Å². The van der Waals surface area contributed by atoms with Gasteiger partial charge >= 0.3 is 0 Å². The van der Waals surface area contributed by atoms with E-state index in [1.54, 1.807) is 0 Å². The molecule has 0 atom stereocenters. The summed E-state index contributed by atoms with van der Waals surface area (Å²) in [4.78, 5) is 13.3. The highest BCUT2D eigenvalue weighted by atomic mass is 16.5. The lowest BCUT2D eigenvalue weighted by molar-refractivity contribution is -0.120. The van der Waals surface area contributed by atoms with Crippen molar-refractivity contribution in [2.75, 3.05) is 7.11 Å². The summed E-state index contributed by atoms with van der Waals surface area (Å²) >= 11 is 0. The molecule has 2 rings (SSSR count). The summed E-state index contributed by atoms with van der Waals surface area (Å²) in [5.74, 6) is 0.886. The number of aromatic nitrogens is 1. The summed E-state index contributed by atoms with van der Waals surface area (Å²) < 4.78 is 9.89. The van der Waals surface area contributed by atoms with Crippen LogP contribution in [0.5, 0.6) is 11.6 Å². The van der Waals surface area contributed by atoms with Gasteiger partial charge in [-0.3, -0.25) is 4.79 Å². The number of H-pyrrole nitrogens is 1. The van der Waals surface area contributed by atoms with Gasteiger partial charge in [0.15, 0.2) is 5.75 Å². The minimum absolute atomic E-state index is 0.387. The van der Waals surface area contributed by atoms with E-state index in [4.69, 9.17) is 9.47 Å². The molecule has 0 aliphatic heterocycles. The molecule has 1 aromatic heterocycles. The van der Waals surface area contributed by atoms with E-state index >= 15 is 0 Å². The van der Waals surface area contributed by atoms with Crippen LogP contribution >= 0.6 is 0 Å². The van der Waals surface area contributed by atoms with Crippen LogP contribution in [-0.2, 0) is 4.79 Å². The first-order chi connectivity index (χ1) is 6.86. The van der Waals surface area contributed by atoms with E-state index < -0.39 is 0 Å². The predicted molar refractivity (Wildman–Crippen MR) is 51.5 cm³/mol. The number of benzene rings is 1. The number of para-hydroxylation sites is 1.